The van der Waals surface area contributed by atoms with Gasteiger partial charge in [-0.2, -0.15) is 0 Å². The van der Waals surface area contributed by atoms with Gasteiger partial charge < -0.3 is 20.3 Å². The SMILES string of the molecule is COc1ccccc1N1CCN(c2cc(N)nc(-c3ccc(F)cc3)c2)CC1. The molecule has 0 aliphatic carbocycles. The van der Waals surface area contributed by atoms with E-state index in [1.54, 1.807) is 19.2 Å². The molecule has 3 aromatic rings. The summed E-state index contributed by atoms with van der Waals surface area (Å²) in [5, 5.41) is 0. The summed E-state index contributed by atoms with van der Waals surface area (Å²) < 4.78 is 18.7. The molecule has 0 spiro atoms. The molecule has 5 nitrogen and oxygen atoms in total. The number of nitrogens with zero attached hydrogens (tertiary/aromatic N) is 3. The topological polar surface area (TPSA) is 54.6 Å². The number of halogens is 1. The number of piperazine rings is 1. The highest BCUT2D eigenvalue weighted by Gasteiger charge is 2.20. The molecular weight excluding hydrogens is 355 g/mol. The van der Waals surface area contributed by atoms with Crippen molar-refractivity contribution in [2.24, 2.45) is 0 Å². The molecule has 1 aliphatic heterocycles. The Morgan fingerprint density at radius 2 is 1.61 bits per heavy atom. The number of hydrogen-bond donors (Lipinski definition) is 1. The second kappa shape index (κ2) is 7.76. The summed E-state index contributed by atoms with van der Waals surface area (Å²) in [5.74, 6) is 1.09. The van der Waals surface area contributed by atoms with Crippen molar-refractivity contribution in [1.29, 1.82) is 0 Å². The van der Waals surface area contributed by atoms with E-state index in [1.807, 2.05) is 30.3 Å². The van der Waals surface area contributed by atoms with E-state index in [9.17, 15) is 4.39 Å². The van der Waals surface area contributed by atoms with Crippen molar-refractivity contribution < 1.29 is 9.13 Å². The van der Waals surface area contributed by atoms with E-state index in [4.69, 9.17) is 10.5 Å². The van der Waals surface area contributed by atoms with Gasteiger partial charge in [0, 0.05) is 43.5 Å². The van der Waals surface area contributed by atoms with Crippen molar-refractivity contribution >= 4 is 17.2 Å². The third kappa shape index (κ3) is 3.71. The molecule has 2 aromatic carbocycles. The molecule has 144 valence electrons. The maximum absolute atomic E-state index is 13.2. The molecule has 0 saturated carbocycles. The lowest BCUT2D eigenvalue weighted by Gasteiger charge is -2.38. The van der Waals surface area contributed by atoms with E-state index >= 15 is 0 Å². The largest absolute Gasteiger partial charge is 0.495 e. The molecule has 4 rings (SSSR count). The number of rotatable bonds is 4. The van der Waals surface area contributed by atoms with Gasteiger partial charge in [-0.15, -0.1) is 0 Å². The van der Waals surface area contributed by atoms with Crippen LogP contribution in [0.2, 0.25) is 0 Å². The normalized spacial score (nSPS) is 14.2. The van der Waals surface area contributed by atoms with Gasteiger partial charge in [-0.1, -0.05) is 12.1 Å². The number of methoxy groups -OCH3 is 1. The van der Waals surface area contributed by atoms with Crippen LogP contribution >= 0.6 is 0 Å². The van der Waals surface area contributed by atoms with Crippen molar-refractivity contribution in [2.75, 3.05) is 48.8 Å². The van der Waals surface area contributed by atoms with Crippen molar-refractivity contribution in [3.63, 3.8) is 0 Å². The summed E-state index contributed by atoms with van der Waals surface area (Å²) in [6.07, 6.45) is 0. The van der Waals surface area contributed by atoms with Gasteiger partial charge in [0.15, 0.2) is 0 Å². The maximum atomic E-state index is 13.2. The number of ether oxygens (including phenoxy) is 1. The van der Waals surface area contributed by atoms with Gasteiger partial charge in [0.25, 0.3) is 0 Å². The average Bonchev–Trinajstić information content (AvgIpc) is 2.74. The predicted octanol–water partition coefficient (Wildman–Crippen LogP) is 3.81. The van der Waals surface area contributed by atoms with Crippen LogP contribution in [0.5, 0.6) is 5.75 Å². The van der Waals surface area contributed by atoms with E-state index in [1.165, 1.54) is 12.1 Å². The number of benzene rings is 2. The standard InChI is InChI=1S/C22H23FN4O/c1-28-21-5-3-2-4-20(21)27-12-10-26(11-13-27)18-14-19(25-22(24)15-18)16-6-8-17(23)9-7-16/h2-9,14-15H,10-13H2,1H3,(H2,24,25). The number of pyridine rings is 1. The zero-order chi connectivity index (χ0) is 19.5. The van der Waals surface area contributed by atoms with Gasteiger partial charge in [-0.05, 0) is 42.5 Å². The summed E-state index contributed by atoms with van der Waals surface area (Å²) in [6.45, 7) is 3.50. The van der Waals surface area contributed by atoms with Crippen molar-refractivity contribution in [3.05, 3.63) is 66.5 Å². The van der Waals surface area contributed by atoms with Crippen LogP contribution in [0.25, 0.3) is 11.3 Å². The van der Waals surface area contributed by atoms with Crippen LogP contribution in [-0.2, 0) is 0 Å². The Bertz CT molecular complexity index is 953. The molecule has 0 atom stereocenters. The Kier molecular flexibility index (Phi) is 5.02. The van der Waals surface area contributed by atoms with Crippen LogP contribution < -0.4 is 20.3 Å². The van der Waals surface area contributed by atoms with Gasteiger partial charge in [0.1, 0.15) is 17.4 Å². The lowest BCUT2D eigenvalue weighted by molar-refractivity contribution is 0.413. The summed E-state index contributed by atoms with van der Waals surface area (Å²) in [4.78, 5) is 9.05. The fourth-order valence-electron chi connectivity index (χ4n) is 3.58. The maximum Gasteiger partial charge on any atom is 0.142 e. The molecule has 6 heteroatoms. The third-order valence-corrected chi connectivity index (χ3v) is 5.04. The minimum absolute atomic E-state index is 0.264. The fourth-order valence-corrected chi connectivity index (χ4v) is 3.58. The number of nitrogens with two attached hydrogens (primary N) is 1. The van der Waals surface area contributed by atoms with Crippen LogP contribution in [0.15, 0.2) is 60.7 Å². The third-order valence-electron chi connectivity index (χ3n) is 5.04. The zero-order valence-corrected chi connectivity index (χ0v) is 15.8. The molecular formula is C22H23FN4O. The van der Waals surface area contributed by atoms with Crippen LogP contribution in [-0.4, -0.2) is 38.3 Å². The quantitative estimate of drug-likeness (QED) is 0.748. The summed E-state index contributed by atoms with van der Waals surface area (Å²) in [6, 6.07) is 18.3. The summed E-state index contributed by atoms with van der Waals surface area (Å²) >= 11 is 0. The molecule has 0 bridgehead atoms. The highest BCUT2D eigenvalue weighted by molar-refractivity contribution is 5.68. The van der Waals surface area contributed by atoms with Gasteiger partial charge >= 0.3 is 0 Å². The zero-order valence-electron chi connectivity index (χ0n) is 15.8. The van der Waals surface area contributed by atoms with Crippen molar-refractivity contribution in [2.45, 2.75) is 0 Å². The second-order valence-corrected chi connectivity index (χ2v) is 6.79. The first kappa shape index (κ1) is 18.1. The Morgan fingerprint density at radius 1 is 0.929 bits per heavy atom. The Hall–Kier alpha value is -3.28. The van der Waals surface area contributed by atoms with E-state index in [0.717, 1.165) is 54.6 Å². The Morgan fingerprint density at radius 3 is 2.32 bits per heavy atom. The van der Waals surface area contributed by atoms with E-state index in [-0.39, 0.29) is 5.82 Å². The molecule has 1 aliphatic rings. The second-order valence-electron chi connectivity index (χ2n) is 6.79. The van der Waals surface area contributed by atoms with E-state index in [0.29, 0.717) is 5.82 Å². The van der Waals surface area contributed by atoms with Crippen LogP contribution in [0.4, 0.5) is 21.6 Å². The first-order valence-corrected chi connectivity index (χ1v) is 9.30. The van der Waals surface area contributed by atoms with Crippen molar-refractivity contribution in [3.8, 4) is 17.0 Å². The molecule has 28 heavy (non-hydrogen) atoms. The molecule has 2 N–H and O–H groups in total. The minimum Gasteiger partial charge on any atom is -0.495 e. The van der Waals surface area contributed by atoms with E-state index in [2.05, 4.69) is 20.9 Å². The number of aromatic nitrogens is 1. The average molecular weight is 378 g/mol. The fraction of sp³-hybridized carbons (Fsp3) is 0.227. The molecule has 2 heterocycles. The van der Waals surface area contributed by atoms with Crippen molar-refractivity contribution in [1.82, 2.24) is 4.98 Å². The molecule has 1 saturated heterocycles. The summed E-state index contributed by atoms with van der Waals surface area (Å²) in [7, 11) is 1.70. The lowest BCUT2D eigenvalue weighted by atomic mass is 10.1. The monoisotopic (exact) mass is 378 g/mol. The summed E-state index contributed by atoms with van der Waals surface area (Å²) in [5.41, 5.74) is 9.80. The van der Waals surface area contributed by atoms with Gasteiger partial charge in [0.2, 0.25) is 0 Å². The van der Waals surface area contributed by atoms with Gasteiger partial charge in [0.05, 0.1) is 18.5 Å². The Balaban J connectivity index is 1.52. The Labute approximate surface area is 164 Å². The number of para-hydroxylation sites is 2. The smallest absolute Gasteiger partial charge is 0.142 e. The molecule has 0 radical (unpaired) electrons. The first-order chi connectivity index (χ1) is 13.6. The minimum atomic E-state index is -0.264. The molecule has 0 amide bonds. The number of anilines is 3. The van der Waals surface area contributed by atoms with Gasteiger partial charge in [-0.3, -0.25) is 0 Å². The first-order valence-electron chi connectivity index (χ1n) is 9.30. The lowest BCUT2D eigenvalue weighted by Crippen LogP contribution is -2.46. The number of nitrogen functional groups attached to an aromatic ring is 1. The highest BCUT2D eigenvalue weighted by Crippen LogP contribution is 2.30. The predicted molar refractivity (Wildman–Crippen MR) is 111 cm³/mol. The number of hydrogen-bond acceptors (Lipinski definition) is 5. The molecule has 1 fully saturated rings. The highest BCUT2D eigenvalue weighted by atomic mass is 19.1. The van der Waals surface area contributed by atoms with Crippen LogP contribution in [0.3, 0.4) is 0 Å². The van der Waals surface area contributed by atoms with Crippen LogP contribution in [0.1, 0.15) is 0 Å². The van der Waals surface area contributed by atoms with Gasteiger partial charge in [-0.25, -0.2) is 9.37 Å². The van der Waals surface area contributed by atoms with Crippen LogP contribution in [0, 0.1) is 5.82 Å². The van der Waals surface area contributed by atoms with E-state index < -0.39 is 0 Å². The molecule has 0 unspecified atom stereocenters. The molecule has 1 aromatic heterocycles.